The summed E-state index contributed by atoms with van der Waals surface area (Å²) in [5.74, 6) is 0.895. The molecule has 1 amide bonds. The summed E-state index contributed by atoms with van der Waals surface area (Å²) < 4.78 is 0. The van der Waals surface area contributed by atoms with Gasteiger partial charge < -0.3 is 10.6 Å². The molecule has 2 N–H and O–H groups in total. The highest BCUT2D eigenvalue weighted by molar-refractivity contribution is 5.95. The lowest BCUT2D eigenvalue weighted by molar-refractivity contribution is -0.384. The molecule has 1 aliphatic carbocycles. The number of nitro groups is 1. The molecule has 0 heterocycles. The largest absolute Gasteiger partial charge is 0.383 e. The molecule has 114 valence electrons. The summed E-state index contributed by atoms with van der Waals surface area (Å²) in [6, 6.07) is 4.48. The SMILES string of the molecule is CNc1ccc(C(=O)NCC2CCCC2C)cc1[N+](=O)[O-]. The summed E-state index contributed by atoms with van der Waals surface area (Å²) in [5, 5.41) is 16.6. The number of hydrogen-bond acceptors (Lipinski definition) is 4. The number of carbonyl (C=O) groups is 1. The molecule has 6 heteroatoms. The predicted molar refractivity (Wildman–Crippen MR) is 81.5 cm³/mol. The zero-order valence-electron chi connectivity index (χ0n) is 12.4. The van der Waals surface area contributed by atoms with Crippen molar-refractivity contribution in [3.8, 4) is 0 Å². The number of nitrogens with zero attached hydrogens (tertiary/aromatic N) is 1. The van der Waals surface area contributed by atoms with Crippen molar-refractivity contribution in [2.75, 3.05) is 18.9 Å². The minimum atomic E-state index is -0.484. The molecular formula is C15H21N3O3. The monoisotopic (exact) mass is 291 g/mol. The molecule has 2 rings (SSSR count). The predicted octanol–water partition coefficient (Wildman–Crippen LogP) is 2.80. The van der Waals surface area contributed by atoms with Gasteiger partial charge in [-0.3, -0.25) is 14.9 Å². The summed E-state index contributed by atoms with van der Waals surface area (Å²) in [4.78, 5) is 22.6. The Morgan fingerprint density at radius 2 is 2.19 bits per heavy atom. The van der Waals surface area contributed by atoms with E-state index in [2.05, 4.69) is 17.6 Å². The van der Waals surface area contributed by atoms with Crippen molar-refractivity contribution < 1.29 is 9.72 Å². The highest BCUT2D eigenvalue weighted by atomic mass is 16.6. The summed E-state index contributed by atoms with van der Waals surface area (Å²) in [7, 11) is 1.61. The van der Waals surface area contributed by atoms with Gasteiger partial charge in [0.15, 0.2) is 0 Å². The standard InChI is InChI=1S/C15H21N3O3/c1-10-4-3-5-12(10)9-17-15(19)11-6-7-13(16-2)14(8-11)18(20)21/h6-8,10,12,16H,3-5,9H2,1-2H3,(H,17,19). The van der Waals surface area contributed by atoms with E-state index in [1.54, 1.807) is 19.2 Å². The second-order valence-electron chi connectivity index (χ2n) is 5.62. The molecule has 1 aliphatic rings. The average Bonchev–Trinajstić information content (AvgIpc) is 2.89. The van der Waals surface area contributed by atoms with Gasteiger partial charge in [0, 0.05) is 25.2 Å². The van der Waals surface area contributed by atoms with E-state index in [9.17, 15) is 14.9 Å². The third kappa shape index (κ3) is 3.51. The van der Waals surface area contributed by atoms with Crippen LogP contribution in [0.25, 0.3) is 0 Å². The van der Waals surface area contributed by atoms with Crippen LogP contribution in [-0.4, -0.2) is 24.4 Å². The molecule has 1 aromatic carbocycles. The molecule has 0 radical (unpaired) electrons. The minimum Gasteiger partial charge on any atom is -0.383 e. The second-order valence-corrected chi connectivity index (χ2v) is 5.62. The molecule has 0 bridgehead atoms. The normalized spacial score (nSPS) is 21.0. The number of hydrogen-bond donors (Lipinski definition) is 2. The Bertz CT molecular complexity index is 545. The highest BCUT2D eigenvalue weighted by Gasteiger charge is 2.24. The van der Waals surface area contributed by atoms with Gasteiger partial charge in [-0.1, -0.05) is 19.8 Å². The van der Waals surface area contributed by atoms with Gasteiger partial charge in [-0.2, -0.15) is 0 Å². The van der Waals surface area contributed by atoms with Crippen LogP contribution in [0.3, 0.4) is 0 Å². The van der Waals surface area contributed by atoms with Crippen LogP contribution in [0.5, 0.6) is 0 Å². The maximum Gasteiger partial charge on any atom is 0.293 e. The lowest BCUT2D eigenvalue weighted by Crippen LogP contribution is -2.30. The molecule has 2 unspecified atom stereocenters. The van der Waals surface area contributed by atoms with Gasteiger partial charge in [0.25, 0.3) is 11.6 Å². The first-order valence-corrected chi connectivity index (χ1v) is 7.27. The molecular weight excluding hydrogens is 270 g/mol. The summed E-state index contributed by atoms with van der Waals surface area (Å²) >= 11 is 0. The lowest BCUT2D eigenvalue weighted by atomic mass is 9.98. The summed E-state index contributed by atoms with van der Waals surface area (Å²) in [5.41, 5.74) is 0.645. The van der Waals surface area contributed by atoms with Crippen molar-refractivity contribution in [2.24, 2.45) is 11.8 Å². The van der Waals surface area contributed by atoms with E-state index >= 15 is 0 Å². The van der Waals surface area contributed by atoms with Crippen molar-refractivity contribution in [2.45, 2.75) is 26.2 Å². The Balaban J connectivity index is 2.05. The molecule has 1 saturated carbocycles. The number of nitrogens with one attached hydrogen (secondary N) is 2. The van der Waals surface area contributed by atoms with Crippen LogP contribution in [0.15, 0.2) is 18.2 Å². The fraction of sp³-hybridized carbons (Fsp3) is 0.533. The average molecular weight is 291 g/mol. The highest BCUT2D eigenvalue weighted by Crippen LogP contribution is 2.30. The molecule has 0 spiro atoms. The third-order valence-electron chi connectivity index (χ3n) is 4.29. The van der Waals surface area contributed by atoms with Gasteiger partial charge in [-0.15, -0.1) is 0 Å². The van der Waals surface area contributed by atoms with Crippen molar-refractivity contribution in [1.29, 1.82) is 0 Å². The Morgan fingerprint density at radius 3 is 2.76 bits per heavy atom. The minimum absolute atomic E-state index is 0.0839. The number of benzene rings is 1. The molecule has 6 nitrogen and oxygen atoms in total. The molecule has 21 heavy (non-hydrogen) atoms. The Labute approximate surface area is 124 Å². The van der Waals surface area contributed by atoms with E-state index in [1.807, 2.05) is 0 Å². The quantitative estimate of drug-likeness (QED) is 0.645. The molecule has 1 aromatic rings. The first-order chi connectivity index (χ1) is 10.0. The van der Waals surface area contributed by atoms with Gasteiger partial charge in [-0.25, -0.2) is 0 Å². The van der Waals surface area contributed by atoms with Crippen LogP contribution in [0.1, 0.15) is 36.5 Å². The van der Waals surface area contributed by atoms with E-state index in [0.717, 1.165) is 6.42 Å². The van der Waals surface area contributed by atoms with Crippen LogP contribution < -0.4 is 10.6 Å². The van der Waals surface area contributed by atoms with Gasteiger partial charge in [-0.05, 0) is 30.4 Å². The van der Waals surface area contributed by atoms with E-state index in [4.69, 9.17) is 0 Å². The number of carbonyl (C=O) groups excluding carboxylic acids is 1. The molecule has 1 fully saturated rings. The molecule has 2 atom stereocenters. The molecule has 0 aliphatic heterocycles. The summed E-state index contributed by atoms with van der Waals surface area (Å²) in [6.07, 6.45) is 3.56. The van der Waals surface area contributed by atoms with Crippen LogP contribution in [0, 0.1) is 22.0 Å². The molecule has 0 aromatic heterocycles. The first-order valence-electron chi connectivity index (χ1n) is 7.27. The number of anilines is 1. The zero-order valence-corrected chi connectivity index (χ0v) is 12.4. The van der Waals surface area contributed by atoms with Crippen molar-refractivity contribution >= 4 is 17.3 Å². The van der Waals surface area contributed by atoms with Crippen LogP contribution >= 0.6 is 0 Å². The van der Waals surface area contributed by atoms with Crippen LogP contribution in [0.2, 0.25) is 0 Å². The lowest BCUT2D eigenvalue weighted by Gasteiger charge is -2.16. The molecule has 0 saturated heterocycles. The Kier molecular flexibility index (Phi) is 4.77. The maximum atomic E-state index is 12.1. The van der Waals surface area contributed by atoms with E-state index in [0.29, 0.717) is 29.6 Å². The van der Waals surface area contributed by atoms with E-state index < -0.39 is 4.92 Å². The maximum absolute atomic E-state index is 12.1. The van der Waals surface area contributed by atoms with E-state index in [-0.39, 0.29) is 11.6 Å². The topological polar surface area (TPSA) is 84.3 Å². The second kappa shape index (κ2) is 6.56. The number of rotatable bonds is 5. The van der Waals surface area contributed by atoms with Crippen molar-refractivity contribution in [1.82, 2.24) is 5.32 Å². The van der Waals surface area contributed by atoms with Gasteiger partial charge in [0.1, 0.15) is 5.69 Å². The zero-order chi connectivity index (χ0) is 15.4. The Morgan fingerprint density at radius 1 is 1.43 bits per heavy atom. The first kappa shape index (κ1) is 15.3. The smallest absolute Gasteiger partial charge is 0.293 e. The summed E-state index contributed by atoms with van der Waals surface area (Å²) in [6.45, 7) is 2.85. The van der Waals surface area contributed by atoms with Crippen LogP contribution in [0.4, 0.5) is 11.4 Å². The third-order valence-corrected chi connectivity index (χ3v) is 4.29. The van der Waals surface area contributed by atoms with Crippen molar-refractivity contribution in [3.63, 3.8) is 0 Å². The number of nitro benzene ring substituents is 1. The van der Waals surface area contributed by atoms with Crippen molar-refractivity contribution in [3.05, 3.63) is 33.9 Å². The van der Waals surface area contributed by atoms with Gasteiger partial charge in [0.2, 0.25) is 0 Å². The van der Waals surface area contributed by atoms with Gasteiger partial charge in [0.05, 0.1) is 4.92 Å². The Hall–Kier alpha value is -2.11. The van der Waals surface area contributed by atoms with Gasteiger partial charge >= 0.3 is 0 Å². The van der Waals surface area contributed by atoms with E-state index in [1.165, 1.54) is 18.9 Å². The van der Waals surface area contributed by atoms with Crippen LogP contribution in [-0.2, 0) is 0 Å². The number of amides is 1. The fourth-order valence-electron chi connectivity index (χ4n) is 2.89. The fourth-order valence-corrected chi connectivity index (χ4v) is 2.89.